The van der Waals surface area contributed by atoms with E-state index in [1.54, 1.807) is 37.3 Å². The minimum atomic E-state index is -0.303. The molecular weight excluding hydrogens is 528 g/mol. The van der Waals surface area contributed by atoms with Crippen LogP contribution in [-0.4, -0.2) is 49.2 Å². The zero-order chi connectivity index (χ0) is 27.9. The topological polar surface area (TPSA) is 117 Å². The minimum absolute atomic E-state index is 0.0129. The van der Waals surface area contributed by atoms with E-state index in [0.717, 1.165) is 31.5 Å². The molecule has 1 amide bonds. The van der Waals surface area contributed by atoms with Gasteiger partial charge in [-0.2, -0.15) is 10.3 Å². The smallest absolute Gasteiger partial charge is 0.305 e. The number of carbonyl (C=O) groups excluding carboxylic acids is 1. The molecule has 1 saturated heterocycles. The van der Waals surface area contributed by atoms with Gasteiger partial charge in [0.2, 0.25) is 11.2 Å². The molecule has 2 aromatic heterocycles. The summed E-state index contributed by atoms with van der Waals surface area (Å²) in [6, 6.07) is 19.3. The van der Waals surface area contributed by atoms with Crippen LogP contribution >= 0.6 is 11.8 Å². The molecule has 10 nitrogen and oxygen atoms in total. The molecule has 0 saturated carbocycles. The van der Waals surface area contributed by atoms with E-state index < -0.39 is 0 Å². The molecule has 1 aliphatic rings. The molecule has 11 heteroatoms. The van der Waals surface area contributed by atoms with E-state index in [1.165, 1.54) is 18.2 Å². The van der Waals surface area contributed by atoms with Crippen LogP contribution in [0.3, 0.4) is 0 Å². The lowest BCUT2D eigenvalue weighted by atomic mass is 9.98. The average molecular weight is 558 g/mol. The van der Waals surface area contributed by atoms with Gasteiger partial charge >= 0.3 is 5.88 Å². The van der Waals surface area contributed by atoms with Crippen LogP contribution < -0.4 is 24.6 Å². The Balaban J connectivity index is 1.43. The molecule has 1 fully saturated rings. The van der Waals surface area contributed by atoms with E-state index in [4.69, 9.17) is 19.0 Å². The van der Waals surface area contributed by atoms with Crippen LogP contribution in [0.1, 0.15) is 24.8 Å². The van der Waals surface area contributed by atoms with Crippen molar-refractivity contribution in [3.05, 3.63) is 66.4 Å². The van der Waals surface area contributed by atoms with Crippen molar-refractivity contribution in [2.24, 2.45) is 0 Å². The summed E-state index contributed by atoms with van der Waals surface area (Å²) in [5.74, 6) is 1.18. The zero-order valence-corrected chi connectivity index (χ0v) is 23.1. The number of nitriles is 1. The second-order valence-electron chi connectivity index (χ2n) is 9.12. The van der Waals surface area contributed by atoms with Gasteiger partial charge in [-0.25, -0.2) is 4.98 Å². The molecule has 204 valence electrons. The molecule has 0 bridgehead atoms. The summed E-state index contributed by atoms with van der Waals surface area (Å²) >= 11 is 1.18. The second-order valence-corrected chi connectivity index (χ2v) is 10.1. The van der Waals surface area contributed by atoms with Crippen molar-refractivity contribution in [3.8, 4) is 40.0 Å². The maximum absolute atomic E-state index is 12.9. The Morgan fingerprint density at radius 1 is 1.10 bits per heavy atom. The van der Waals surface area contributed by atoms with Crippen molar-refractivity contribution in [2.75, 3.05) is 43.4 Å². The van der Waals surface area contributed by atoms with E-state index in [1.807, 2.05) is 42.5 Å². The number of methoxy groups -OCH3 is 2. The van der Waals surface area contributed by atoms with Gasteiger partial charge < -0.3 is 9.47 Å². The van der Waals surface area contributed by atoms with Crippen LogP contribution in [0.5, 0.6) is 11.5 Å². The second kappa shape index (κ2) is 12.5. The molecule has 3 heterocycles. The van der Waals surface area contributed by atoms with Crippen LogP contribution in [0.2, 0.25) is 0 Å². The molecule has 40 heavy (non-hydrogen) atoms. The Bertz CT molecular complexity index is 1530. The highest BCUT2D eigenvalue weighted by Gasteiger charge is 2.24. The van der Waals surface area contributed by atoms with E-state index in [0.29, 0.717) is 38.9 Å². The SMILES string of the molecule is COc1ccc(OC)c(-c2cc(-c3ccccc3)nc(SCC(=O)Nc3c[n+](N4CCCCC4)no3)c2C#N)c1. The molecule has 0 atom stereocenters. The van der Waals surface area contributed by atoms with E-state index in [-0.39, 0.29) is 17.5 Å². The average Bonchev–Trinajstić information content (AvgIpc) is 3.48. The highest BCUT2D eigenvalue weighted by atomic mass is 32.2. The van der Waals surface area contributed by atoms with Crippen molar-refractivity contribution in [2.45, 2.75) is 24.3 Å². The molecular formula is C29H29N6O4S+. The van der Waals surface area contributed by atoms with Crippen molar-refractivity contribution in [3.63, 3.8) is 0 Å². The quantitative estimate of drug-likeness (QED) is 0.236. The van der Waals surface area contributed by atoms with Crippen LogP contribution in [0, 0.1) is 11.3 Å². The van der Waals surface area contributed by atoms with Gasteiger partial charge in [0.25, 0.3) is 6.20 Å². The van der Waals surface area contributed by atoms with E-state index in [2.05, 4.69) is 21.7 Å². The number of hydrogen-bond donors (Lipinski definition) is 1. The van der Waals surface area contributed by atoms with Gasteiger partial charge in [0.1, 0.15) is 22.6 Å². The lowest BCUT2D eigenvalue weighted by Crippen LogP contribution is -2.60. The fourth-order valence-corrected chi connectivity index (χ4v) is 5.35. The first-order chi connectivity index (χ1) is 19.6. The summed E-state index contributed by atoms with van der Waals surface area (Å²) < 4.78 is 16.4. The number of aromatic nitrogens is 3. The van der Waals surface area contributed by atoms with Crippen molar-refractivity contribution in [1.29, 1.82) is 5.26 Å². The largest absolute Gasteiger partial charge is 0.497 e. The van der Waals surface area contributed by atoms with Crippen molar-refractivity contribution in [1.82, 2.24) is 10.3 Å². The van der Waals surface area contributed by atoms with Gasteiger partial charge in [-0.15, -0.1) is 0 Å². The van der Waals surface area contributed by atoms with Gasteiger partial charge in [-0.05, 0) is 43.5 Å². The van der Waals surface area contributed by atoms with Gasteiger partial charge in [-0.3, -0.25) is 14.6 Å². The Hall–Kier alpha value is -4.56. The predicted octanol–water partition coefficient (Wildman–Crippen LogP) is 4.43. The molecule has 4 aromatic rings. The minimum Gasteiger partial charge on any atom is -0.497 e. The third-order valence-corrected chi connectivity index (χ3v) is 7.52. The molecule has 0 unspecified atom stereocenters. The number of hydrogen-bond acceptors (Lipinski definition) is 9. The first-order valence-electron chi connectivity index (χ1n) is 12.9. The monoisotopic (exact) mass is 557 g/mol. The predicted molar refractivity (Wildman–Crippen MR) is 151 cm³/mol. The Morgan fingerprint density at radius 3 is 2.62 bits per heavy atom. The van der Waals surface area contributed by atoms with Crippen molar-refractivity contribution >= 4 is 23.6 Å². The van der Waals surface area contributed by atoms with Gasteiger partial charge in [0.15, 0.2) is 0 Å². The molecule has 1 N–H and O–H groups in total. The van der Waals surface area contributed by atoms with Crippen LogP contribution in [-0.2, 0) is 4.79 Å². The fourth-order valence-electron chi connectivity index (χ4n) is 4.54. The molecule has 1 aliphatic heterocycles. The van der Waals surface area contributed by atoms with Gasteiger partial charge in [0.05, 0.1) is 49.1 Å². The highest BCUT2D eigenvalue weighted by molar-refractivity contribution is 8.00. The summed E-state index contributed by atoms with van der Waals surface area (Å²) in [7, 11) is 3.16. The van der Waals surface area contributed by atoms with Crippen LogP contribution in [0.25, 0.3) is 22.4 Å². The van der Waals surface area contributed by atoms with E-state index in [9.17, 15) is 10.1 Å². The van der Waals surface area contributed by atoms with Crippen LogP contribution in [0.4, 0.5) is 5.88 Å². The van der Waals surface area contributed by atoms with Crippen molar-refractivity contribution < 1.29 is 23.6 Å². The summed E-state index contributed by atoms with van der Waals surface area (Å²) in [5, 5.41) is 19.5. The first kappa shape index (κ1) is 27.0. The number of pyridine rings is 1. The molecule has 2 aromatic carbocycles. The fraction of sp³-hybridized carbons (Fsp3) is 0.276. The highest BCUT2D eigenvalue weighted by Crippen LogP contribution is 2.40. The Labute approximate surface area is 236 Å². The number of nitrogens with zero attached hydrogens (tertiary/aromatic N) is 5. The standard InChI is InChI=1S/C29H28N6O4S/c1-37-21-11-12-26(38-2)23(15-21)22-16-25(20-9-5-3-6-10-20)31-29(24(22)17-30)40-19-27(36)32-28-18-35(33-39-28)34-13-7-4-8-14-34/h3,5-6,9-12,15-16,18H,4,7-8,13-14,19H2,1-2H3/p+1. The van der Waals surface area contributed by atoms with Gasteiger partial charge in [0, 0.05) is 16.7 Å². The summed E-state index contributed by atoms with van der Waals surface area (Å²) in [4.78, 5) is 19.3. The molecule has 5 rings (SSSR count). The maximum atomic E-state index is 12.9. The Morgan fingerprint density at radius 2 is 1.90 bits per heavy atom. The number of piperidine rings is 1. The summed E-state index contributed by atoms with van der Waals surface area (Å²) in [6.45, 7) is 1.78. The molecule has 0 spiro atoms. The van der Waals surface area contributed by atoms with E-state index >= 15 is 0 Å². The Kier molecular flexibility index (Phi) is 8.47. The number of carbonyl (C=O) groups is 1. The number of benzene rings is 2. The summed E-state index contributed by atoms with van der Waals surface area (Å²) in [6.07, 6.45) is 5.05. The lowest BCUT2D eigenvalue weighted by molar-refractivity contribution is -0.759. The molecule has 0 radical (unpaired) electrons. The zero-order valence-electron chi connectivity index (χ0n) is 22.3. The third-order valence-electron chi connectivity index (χ3n) is 6.54. The number of amides is 1. The lowest BCUT2D eigenvalue weighted by Gasteiger charge is -2.17. The third kappa shape index (κ3) is 6.02. The van der Waals surface area contributed by atoms with Crippen LogP contribution in [0.15, 0.2) is 70.3 Å². The molecule has 0 aliphatic carbocycles. The number of rotatable bonds is 9. The first-order valence-corrected chi connectivity index (χ1v) is 13.9. The number of ether oxygens (including phenoxy) is 2. The maximum Gasteiger partial charge on any atom is 0.305 e. The summed E-state index contributed by atoms with van der Waals surface area (Å²) in [5.41, 5.74) is 3.21. The number of nitrogens with one attached hydrogen (secondary N) is 1. The number of anilines is 1. The number of thioether (sulfide) groups is 1. The van der Waals surface area contributed by atoms with Gasteiger partial charge in [-0.1, -0.05) is 42.1 Å². The normalized spacial score (nSPS) is 13.0.